The van der Waals surface area contributed by atoms with Crippen LogP contribution in [0, 0.1) is 13.8 Å². The van der Waals surface area contributed by atoms with E-state index < -0.39 is 26.2 Å². The number of carbonyl (C=O) groups excluding carboxylic acids is 1. The number of aromatic nitrogens is 1. The average Bonchev–Trinajstić information content (AvgIpc) is 2.80. The van der Waals surface area contributed by atoms with E-state index in [1.165, 1.54) is 18.3 Å². The van der Waals surface area contributed by atoms with E-state index in [1.54, 1.807) is 13.8 Å². The first-order chi connectivity index (χ1) is 10.1. The van der Waals surface area contributed by atoms with Crippen LogP contribution in [-0.2, 0) is 14.6 Å². The highest BCUT2D eigenvalue weighted by Crippen LogP contribution is 2.29. The highest BCUT2D eigenvalue weighted by Gasteiger charge is 2.31. The van der Waals surface area contributed by atoms with Crippen molar-refractivity contribution in [2.24, 2.45) is 0 Å². The molecule has 2 rings (SSSR count). The van der Waals surface area contributed by atoms with Crippen LogP contribution in [0.25, 0.3) is 10.2 Å². The summed E-state index contributed by atoms with van der Waals surface area (Å²) in [5.74, 6) is -0.540. The summed E-state index contributed by atoms with van der Waals surface area (Å²) in [7, 11) is -3.48. The van der Waals surface area contributed by atoms with Gasteiger partial charge in [0, 0.05) is 0 Å². The number of benzene rings is 1. The second-order valence-electron chi connectivity index (χ2n) is 5.72. The molecule has 7 heteroatoms. The Morgan fingerprint density at radius 2 is 1.86 bits per heavy atom. The number of fused-ring (bicyclic) bond motifs is 1. The summed E-state index contributed by atoms with van der Waals surface area (Å²) in [5.41, 5.74) is 3.00. The maximum atomic E-state index is 12.2. The van der Waals surface area contributed by atoms with Gasteiger partial charge in [-0.25, -0.2) is 13.4 Å². The molecule has 1 heterocycles. The smallest absolute Gasteiger partial charge is 0.244 e. The van der Waals surface area contributed by atoms with E-state index in [4.69, 9.17) is 0 Å². The lowest BCUT2D eigenvalue weighted by atomic mass is 10.1. The van der Waals surface area contributed by atoms with Crippen molar-refractivity contribution in [2.45, 2.75) is 45.1 Å². The second-order valence-corrected chi connectivity index (χ2v) is 9.58. The van der Waals surface area contributed by atoms with Crippen molar-refractivity contribution in [2.75, 3.05) is 5.32 Å². The molecule has 120 valence electrons. The monoisotopic (exact) mass is 340 g/mol. The standard InChI is InChI=1S/C15H20N2O3S2/c1-8(2)22(19,20)11(5)14(18)17-15-16-13-10(4)6-9(3)7-12(13)21-15/h6-8,11H,1-5H3,(H,16,17,18). The third kappa shape index (κ3) is 3.15. The minimum Gasteiger partial charge on any atom is -0.301 e. The SMILES string of the molecule is Cc1cc(C)c2nc(NC(=O)C(C)S(=O)(=O)C(C)C)sc2c1. The van der Waals surface area contributed by atoms with Gasteiger partial charge in [-0.3, -0.25) is 4.79 Å². The summed E-state index contributed by atoms with van der Waals surface area (Å²) < 4.78 is 25.1. The van der Waals surface area contributed by atoms with E-state index in [-0.39, 0.29) is 0 Å². The van der Waals surface area contributed by atoms with Crippen molar-refractivity contribution in [1.82, 2.24) is 4.98 Å². The minimum absolute atomic E-state index is 0.430. The molecule has 0 spiro atoms. The largest absolute Gasteiger partial charge is 0.301 e. The Labute approximate surface area is 134 Å². The van der Waals surface area contributed by atoms with E-state index in [2.05, 4.69) is 10.3 Å². The number of aryl methyl sites for hydroxylation is 2. The summed E-state index contributed by atoms with van der Waals surface area (Å²) in [6.45, 7) is 8.52. The van der Waals surface area contributed by atoms with Crippen LogP contribution >= 0.6 is 11.3 Å². The quantitative estimate of drug-likeness (QED) is 0.928. The Morgan fingerprint density at radius 3 is 2.45 bits per heavy atom. The van der Waals surface area contributed by atoms with Gasteiger partial charge in [0.05, 0.1) is 15.5 Å². The summed E-state index contributed by atoms with van der Waals surface area (Å²) in [5, 5.41) is 1.37. The zero-order valence-corrected chi connectivity index (χ0v) is 14.9. The molecule has 0 saturated heterocycles. The molecule has 5 nitrogen and oxygen atoms in total. The van der Waals surface area contributed by atoms with Crippen LogP contribution in [-0.4, -0.2) is 29.8 Å². The number of nitrogens with one attached hydrogen (secondary N) is 1. The van der Waals surface area contributed by atoms with Gasteiger partial charge in [-0.1, -0.05) is 17.4 Å². The van der Waals surface area contributed by atoms with Gasteiger partial charge in [-0.2, -0.15) is 0 Å². The maximum absolute atomic E-state index is 12.2. The van der Waals surface area contributed by atoms with Crippen LogP contribution < -0.4 is 5.32 Å². The number of nitrogens with zero attached hydrogens (tertiary/aromatic N) is 1. The lowest BCUT2D eigenvalue weighted by Crippen LogP contribution is -2.36. The van der Waals surface area contributed by atoms with E-state index in [0.29, 0.717) is 5.13 Å². The molecule has 0 radical (unpaired) electrons. The van der Waals surface area contributed by atoms with Crippen molar-refractivity contribution in [3.05, 3.63) is 23.3 Å². The molecule has 22 heavy (non-hydrogen) atoms. The van der Waals surface area contributed by atoms with E-state index >= 15 is 0 Å². The van der Waals surface area contributed by atoms with Gasteiger partial charge in [0.2, 0.25) is 5.91 Å². The van der Waals surface area contributed by atoms with Crippen LogP contribution in [0.3, 0.4) is 0 Å². The lowest BCUT2D eigenvalue weighted by molar-refractivity contribution is -0.115. The molecule has 0 bridgehead atoms. The van der Waals surface area contributed by atoms with Crippen molar-refractivity contribution < 1.29 is 13.2 Å². The van der Waals surface area contributed by atoms with Gasteiger partial charge in [-0.15, -0.1) is 0 Å². The van der Waals surface area contributed by atoms with Crippen molar-refractivity contribution in [3.8, 4) is 0 Å². The molecule has 2 aromatic rings. The van der Waals surface area contributed by atoms with Gasteiger partial charge in [0.15, 0.2) is 15.0 Å². The number of rotatable bonds is 4. The van der Waals surface area contributed by atoms with Crippen LogP contribution in [0.5, 0.6) is 0 Å². The molecule has 1 aromatic heterocycles. The van der Waals surface area contributed by atoms with Gasteiger partial charge < -0.3 is 5.32 Å². The zero-order valence-electron chi connectivity index (χ0n) is 13.3. The fourth-order valence-corrected chi connectivity index (χ4v) is 4.41. The molecule has 1 atom stereocenters. The van der Waals surface area contributed by atoms with E-state index in [1.807, 2.05) is 26.0 Å². The molecule has 0 aliphatic heterocycles. The number of hydrogen-bond acceptors (Lipinski definition) is 5. The molecule has 1 unspecified atom stereocenters. The summed E-state index contributed by atoms with van der Waals surface area (Å²) in [4.78, 5) is 16.6. The van der Waals surface area contributed by atoms with Crippen molar-refractivity contribution in [3.63, 3.8) is 0 Å². The predicted molar refractivity (Wildman–Crippen MR) is 91.2 cm³/mol. The summed E-state index contributed by atoms with van der Waals surface area (Å²) in [6, 6.07) is 4.03. The molecule has 1 amide bonds. The first-order valence-corrected chi connectivity index (χ1v) is 9.47. The third-order valence-corrected chi connectivity index (χ3v) is 7.01. The molecule has 1 aromatic carbocycles. The summed E-state index contributed by atoms with van der Waals surface area (Å²) >= 11 is 1.35. The number of sulfone groups is 1. The number of hydrogen-bond donors (Lipinski definition) is 1. The molecule has 0 aliphatic carbocycles. The van der Waals surface area contributed by atoms with E-state index in [9.17, 15) is 13.2 Å². The fourth-order valence-electron chi connectivity index (χ4n) is 2.19. The average molecular weight is 340 g/mol. The molecule has 1 N–H and O–H groups in total. The third-order valence-electron chi connectivity index (χ3n) is 3.58. The normalized spacial score (nSPS) is 13.5. The number of thiazole rings is 1. The first-order valence-electron chi connectivity index (χ1n) is 7.04. The van der Waals surface area contributed by atoms with Crippen LogP contribution in [0.1, 0.15) is 31.9 Å². The lowest BCUT2D eigenvalue weighted by Gasteiger charge is -2.14. The van der Waals surface area contributed by atoms with Gasteiger partial charge in [0.1, 0.15) is 5.25 Å². The van der Waals surface area contributed by atoms with Gasteiger partial charge in [0.25, 0.3) is 0 Å². The molecular formula is C15H20N2O3S2. The van der Waals surface area contributed by atoms with Crippen LogP contribution in [0.15, 0.2) is 12.1 Å². The Kier molecular flexibility index (Phi) is 4.58. The van der Waals surface area contributed by atoms with Crippen molar-refractivity contribution >= 4 is 42.4 Å². The summed E-state index contributed by atoms with van der Waals surface area (Å²) in [6.07, 6.45) is 0. The van der Waals surface area contributed by atoms with Gasteiger partial charge in [-0.05, 0) is 51.8 Å². The number of anilines is 1. The molecule has 0 aliphatic rings. The highest BCUT2D eigenvalue weighted by atomic mass is 32.2. The number of amides is 1. The predicted octanol–water partition coefficient (Wildman–Crippen LogP) is 3.06. The van der Waals surface area contributed by atoms with Crippen LogP contribution in [0.4, 0.5) is 5.13 Å². The Morgan fingerprint density at radius 1 is 1.23 bits per heavy atom. The molecule has 0 saturated carbocycles. The molecule has 0 fully saturated rings. The Balaban J connectivity index is 2.28. The van der Waals surface area contributed by atoms with Gasteiger partial charge >= 0.3 is 0 Å². The second kappa shape index (κ2) is 5.96. The minimum atomic E-state index is -3.48. The maximum Gasteiger partial charge on any atom is 0.244 e. The zero-order chi connectivity index (χ0) is 16.7. The molecular weight excluding hydrogens is 320 g/mol. The Bertz CT molecular complexity index is 823. The fraction of sp³-hybridized carbons (Fsp3) is 0.467. The highest BCUT2D eigenvalue weighted by molar-refractivity contribution is 7.93. The van der Waals surface area contributed by atoms with Crippen LogP contribution in [0.2, 0.25) is 0 Å². The topological polar surface area (TPSA) is 76.1 Å². The Hall–Kier alpha value is -1.47. The van der Waals surface area contributed by atoms with Crippen molar-refractivity contribution in [1.29, 1.82) is 0 Å². The number of carbonyl (C=O) groups is 1. The van der Waals surface area contributed by atoms with E-state index in [0.717, 1.165) is 21.3 Å². The first kappa shape index (κ1) is 16.9.